The fourth-order valence-electron chi connectivity index (χ4n) is 3.41. The van der Waals surface area contributed by atoms with Crippen molar-refractivity contribution in [1.82, 2.24) is 20.3 Å². The van der Waals surface area contributed by atoms with E-state index in [9.17, 15) is 4.79 Å². The lowest BCUT2D eigenvalue weighted by molar-refractivity contribution is -0.00179. The standard InChI is InChI=1S/C22H24N4O4/c1-3-29-19-7-5-4-6-16(19)12-23-22(27)21-18-14-30-20(13-26(18)25-24-21)15-8-10-17(28-2)11-9-15/h4-11,20H,3,12-14H2,1-2H3,(H,23,27)/t20-/m1/s1. The maximum atomic E-state index is 12.7. The summed E-state index contributed by atoms with van der Waals surface area (Å²) in [7, 11) is 1.63. The van der Waals surface area contributed by atoms with Crippen LogP contribution < -0.4 is 14.8 Å². The average Bonchev–Trinajstić information content (AvgIpc) is 3.22. The molecular formula is C22H24N4O4. The van der Waals surface area contributed by atoms with Crippen molar-refractivity contribution in [2.75, 3.05) is 13.7 Å². The van der Waals surface area contributed by atoms with E-state index in [0.29, 0.717) is 25.4 Å². The van der Waals surface area contributed by atoms with Gasteiger partial charge in [0.1, 0.15) is 17.6 Å². The number of carbonyl (C=O) groups excluding carboxylic acids is 1. The van der Waals surface area contributed by atoms with Crippen molar-refractivity contribution in [3.63, 3.8) is 0 Å². The molecule has 0 saturated carbocycles. The molecule has 0 unspecified atom stereocenters. The Morgan fingerprint density at radius 1 is 1.23 bits per heavy atom. The Hall–Kier alpha value is -3.39. The number of aromatic nitrogens is 3. The van der Waals surface area contributed by atoms with Gasteiger partial charge in [0.25, 0.3) is 5.91 Å². The first-order chi connectivity index (χ1) is 14.7. The van der Waals surface area contributed by atoms with E-state index >= 15 is 0 Å². The molecule has 1 aliphatic heterocycles. The lowest BCUT2D eigenvalue weighted by atomic mass is 10.1. The first-order valence-corrected chi connectivity index (χ1v) is 9.86. The first kappa shape index (κ1) is 19.9. The largest absolute Gasteiger partial charge is 0.497 e. The van der Waals surface area contributed by atoms with Crippen LogP contribution in [0.5, 0.6) is 11.5 Å². The summed E-state index contributed by atoms with van der Waals surface area (Å²) in [5.41, 5.74) is 2.90. The van der Waals surface area contributed by atoms with Crippen LogP contribution in [0.1, 0.15) is 40.3 Å². The molecule has 1 atom stereocenters. The van der Waals surface area contributed by atoms with Crippen LogP contribution in [0.2, 0.25) is 0 Å². The zero-order chi connectivity index (χ0) is 20.9. The Balaban J connectivity index is 1.43. The van der Waals surface area contributed by atoms with Gasteiger partial charge in [-0.1, -0.05) is 35.5 Å². The number of fused-ring (bicyclic) bond motifs is 1. The second-order valence-corrected chi connectivity index (χ2v) is 6.86. The van der Waals surface area contributed by atoms with Crippen molar-refractivity contribution in [1.29, 1.82) is 0 Å². The fraction of sp³-hybridized carbons (Fsp3) is 0.318. The molecule has 3 aromatic rings. The van der Waals surface area contributed by atoms with Crippen LogP contribution in [0.15, 0.2) is 48.5 Å². The number of benzene rings is 2. The second kappa shape index (κ2) is 8.96. The molecule has 0 spiro atoms. The molecule has 4 rings (SSSR count). The Kier molecular flexibility index (Phi) is 5.94. The monoisotopic (exact) mass is 408 g/mol. The highest BCUT2D eigenvalue weighted by Crippen LogP contribution is 2.28. The van der Waals surface area contributed by atoms with Crippen molar-refractivity contribution in [3.05, 3.63) is 71.0 Å². The zero-order valence-corrected chi connectivity index (χ0v) is 17.0. The second-order valence-electron chi connectivity index (χ2n) is 6.86. The molecule has 0 radical (unpaired) electrons. The number of nitrogens with one attached hydrogen (secondary N) is 1. The van der Waals surface area contributed by atoms with E-state index in [1.165, 1.54) is 0 Å². The van der Waals surface area contributed by atoms with Gasteiger partial charge in [0.05, 0.1) is 32.6 Å². The van der Waals surface area contributed by atoms with E-state index in [4.69, 9.17) is 14.2 Å². The molecule has 0 fully saturated rings. The number of amides is 1. The highest BCUT2D eigenvalue weighted by atomic mass is 16.5. The smallest absolute Gasteiger partial charge is 0.274 e. The zero-order valence-electron chi connectivity index (χ0n) is 17.0. The fourth-order valence-corrected chi connectivity index (χ4v) is 3.41. The van der Waals surface area contributed by atoms with Gasteiger partial charge in [0.2, 0.25) is 0 Å². The summed E-state index contributed by atoms with van der Waals surface area (Å²) in [6.45, 7) is 3.60. The van der Waals surface area contributed by atoms with Crippen LogP contribution in [-0.2, 0) is 24.4 Å². The lowest BCUT2D eigenvalue weighted by Crippen LogP contribution is -2.27. The van der Waals surface area contributed by atoms with Gasteiger partial charge >= 0.3 is 0 Å². The third-order valence-electron chi connectivity index (χ3n) is 5.01. The number of hydrogen-bond donors (Lipinski definition) is 1. The van der Waals surface area contributed by atoms with Gasteiger partial charge in [0.15, 0.2) is 5.69 Å². The van der Waals surface area contributed by atoms with E-state index in [-0.39, 0.29) is 24.3 Å². The van der Waals surface area contributed by atoms with Gasteiger partial charge in [-0.15, -0.1) is 5.10 Å². The summed E-state index contributed by atoms with van der Waals surface area (Å²) in [6.07, 6.45) is -0.154. The maximum Gasteiger partial charge on any atom is 0.274 e. The van der Waals surface area contributed by atoms with Gasteiger partial charge in [0, 0.05) is 12.1 Å². The molecule has 1 N–H and O–H groups in total. The van der Waals surface area contributed by atoms with Gasteiger partial charge < -0.3 is 19.5 Å². The molecule has 0 bridgehead atoms. The van der Waals surface area contributed by atoms with Crippen molar-refractivity contribution < 1.29 is 19.0 Å². The summed E-state index contributed by atoms with van der Waals surface area (Å²) in [4.78, 5) is 12.7. The SMILES string of the molecule is CCOc1ccccc1CNC(=O)c1nnn2c1CO[C@@H](c1ccc(OC)cc1)C2. The van der Waals surface area contributed by atoms with Crippen molar-refractivity contribution in [3.8, 4) is 11.5 Å². The van der Waals surface area contributed by atoms with Gasteiger partial charge in [-0.25, -0.2) is 4.68 Å². The number of methoxy groups -OCH3 is 1. The Labute approximate surface area is 174 Å². The van der Waals surface area contributed by atoms with E-state index in [1.54, 1.807) is 11.8 Å². The van der Waals surface area contributed by atoms with Crippen molar-refractivity contribution >= 4 is 5.91 Å². The quantitative estimate of drug-likeness (QED) is 0.647. The highest BCUT2D eigenvalue weighted by molar-refractivity contribution is 5.93. The minimum absolute atomic E-state index is 0.154. The molecule has 1 amide bonds. The van der Waals surface area contributed by atoms with Crippen LogP contribution in [0.25, 0.3) is 0 Å². The van der Waals surface area contributed by atoms with Crippen LogP contribution in [-0.4, -0.2) is 34.6 Å². The molecule has 0 saturated heterocycles. The van der Waals surface area contributed by atoms with Crippen LogP contribution >= 0.6 is 0 Å². The lowest BCUT2D eigenvalue weighted by Gasteiger charge is -2.24. The molecule has 8 nitrogen and oxygen atoms in total. The van der Waals surface area contributed by atoms with Crippen molar-refractivity contribution in [2.24, 2.45) is 0 Å². The number of nitrogens with zero attached hydrogens (tertiary/aromatic N) is 3. The Morgan fingerprint density at radius 3 is 2.80 bits per heavy atom. The van der Waals surface area contributed by atoms with E-state index in [0.717, 1.165) is 22.6 Å². The summed E-state index contributed by atoms with van der Waals surface area (Å²) in [5, 5.41) is 11.2. The van der Waals surface area contributed by atoms with E-state index in [2.05, 4.69) is 15.6 Å². The molecule has 30 heavy (non-hydrogen) atoms. The van der Waals surface area contributed by atoms with Crippen LogP contribution in [0.3, 0.4) is 0 Å². The molecule has 1 aromatic heterocycles. The summed E-state index contributed by atoms with van der Waals surface area (Å²) >= 11 is 0. The number of para-hydroxylation sites is 1. The first-order valence-electron chi connectivity index (χ1n) is 9.86. The summed E-state index contributed by atoms with van der Waals surface area (Å²) in [6, 6.07) is 15.4. The predicted molar refractivity (Wildman–Crippen MR) is 109 cm³/mol. The van der Waals surface area contributed by atoms with Crippen LogP contribution in [0.4, 0.5) is 0 Å². The van der Waals surface area contributed by atoms with Gasteiger partial charge in [-0.2, -0.15) is 0 Å². The maximum absolute atomic E-state index is 12.7. The molecule has 8 heteroatoms. The molecule has 156 valence electrons. The number of hydrogen-bond acceptors (Lipinski definition) is 6. The molecule has 2 heterocycles. The molecule has 0 aliphatic carbocycles. The number of ether oxygens (including phenoxy) is 3. The highest BCUT2D eigenvalue weighted by Gasteiger charge is 2.27. The number of rotatable bonds is 7. The third kappa shape index (κ3) is 4.13. The van der Waals surface area contributed by atoms with Gasteiger partial charge in [-0.05, 0) is 30.7 Å². The molecular weight excluding hydrogens is 384 g/mol. The topological polar surface area (TPSA) is 87.5 Å². The average molecular weight is 408 g/mol. The summed E-state index contributed by atoms with van der Waals surface area (Å²) < 4.78 is 18.5. The Morgan fingerprint density at radius 2 is 2.03 bits per heavy atom. The van der Waals surface area contributed by atoms with Crippen LogP contribution in [0, 0.1) is 0 Å². The minimum Gasteiger partial charge on any atom is -0.497 e. The normalized spacial score (nSPS) is 15.3. The summed E-state index contributed by atoms with van der Waals surface area (Å²) in [5.74, 6) is 1.27. The minimum atomic E-state index is -0.283. The van der Waals surface area contributed by atoms with Crippen molar-refractivity contribution in [2.45, 2.75) is 32.7 Å². The van der Waals surface area contributed by atoms with E-state index < -0.39 is 0 Å². The molecule has 2 aromatic carbocycles. The van der Waals surface area contributed by atoms with E-state index in [1.807, 2.05) is 55.5 Å². The van der Waals surface area contributed by atoms with Gasteiger partial charge in [-0.3, -0.25) is 4.79 Å². The molecule has 1 aliphatic rings. The predicted octanol–water partition coefficient (Wildman–Crippen LogP) is 2.89. The third-order valence-corrected chi connectivity index (χ3v) is 5.01. The Bertz CT molecular complexity index is 1020. The number of carbonyl (C=O) groups is 1.